The van der Waals surface area contributed by atoms with Crippen LogP contribution >= 0.6 is 12.2 Å². The van der Waals surface area contributed by atoms with Crippen LogP contribution in [0.25, 0.3) is 11.4 Å². The summed E-state index contributed by atoms with van der Waals surface area (Å²) in [6.07, 6.45) is 2.40. The van der Waals surface area contributed by atoms with Crippen LogP contribution in [-0.2, 0) is 22.6 Å². The lowest BCUT2D eigenvalue weighted by molar-refractivity contribution is -0.129. The van der Waals surface area contributed by atoms with Gasteiger partial charge in [-0.3, -0.25) is 19.3 Å². The second-order valence-electron chi connectivity index (χ2n) is 7.90. The molecule has 1 aliphatic rings. The molecule has 1 atom stereocenters. The first kappa shape index (κ1) is 21.0. The summed E-state index contributed by atoms with van der Waals surface area (Å²) in [6.45, 7) is 1.98. The molecular weight excluding hydrogens is 410 g/mol. The number of amides is 2. The van der Waals surface area contributed by atoms with Gasteiger partial charge in [0.2, 0.25) is 11.8 Å². The number of nitrogens with one attached hydrogen (secondary N) is 3. The van der Waals surface area contributed by atoms with Gasteiger partial charge in [-0.1, -0.05) is 60.2 Å². The van der Waals surface area contributed by atoms with Crippen molar-refractivity contribution < 1.29 is 9.59 Å². The van der Waals surface area contributed by atoms with Crippen molar-refractivity contribution in [2.75, 3.05) is 0 Å². The Balaban J connectivity index is 1.50. The van der Waals surface area contributed by atoms with Crippen molar-refractivity contribution >= 4 is 24.0 Å². The number of hydrogen-bond acceptors (Lipinski definition) is 4. The second-order valence-corrected chi connectivity index (χ2v) is 8.28. The first-order valence-electron chi connectivity index (χ1n) is 10.4. The van der Waals surface area contributed by atoms with Crippen LogP contribution < -0.4 is 10.6 Å². The molecule has 31 heavy (non-hydrogen) atoms. The summed E-state index contributed by atoms with van der Waals surface area (Å²) in [5.74, 6) is 0.134. The fourth-order valence-corrected chi connectivity index (χ4v) is 3.56. The van der Waals surface area contributed by atoms with Gasteiger partial charge in [-0.2, -0.15) is 5.10 Å². The number of aromatic nitrogens is 3. The summed E-state index contributed by atoms with van der Waals surface area (Å²) in [4.78, 5) is 25.7. The van der Waals surface area contributed by atoms with Crippen molar-refractivity contribution in [1.29, 1.82) is 0 Å². The number of hydrogen-bond donors (Lipinski definition) is 3. The first-order valence-corrected chi connectivity index (χ1v) is 10.8. The highest BCUT2D eigenvalue weighted by molar-refractivity contribution is 7.71. The molecule has 7 nitrogen and oxygen atoms in total. The van der Waals surface area contributed by atoms with E-state index in [2.05, 4.69) is 20.8 Å². The fourth-order valence-electron chi connectivity index (χ4n) is 3.36. The summed E-state index contributed by atoms with van der Waals surface area (Å²) in [6, 6.07) is 17.1. The van der Waals surface area contributed by atoms with Crippen molar-refractivity contribution in [3.8, 4) is 11.4 Å². The van der Waals surface area contributed by atoms with Gasteiger partial charge in [0.1, 0.15) is 12.6 Å². The van der Waals surface area contributed by atoms with Gasteiger partial charge in [-0.25, -0.2) is 0 Å². The van der Waals surface area contributed by atoms with Crippen LogP contribution in [0.15, 0.2) is 54.6 Å². The Morgan fingerprint density at radius 2 is 1.87 bits per heavy atom. The quantitative estimate of drug-likeness (QED) is 0.475. The van der Waals surface area contributed by atoms with Crippen molar-refractivity contribution in [3.63, 3.8) is 0 Å². The molecule has 3 N–H and O–H groups in total. The molecule has 0 aliphatic heterocycles. The maximum Gasteiger partial charge on any atom is 0.243 e. The predicted octanol–water partition coefficient (Wildman–Crippen LogP) is 2.92. The zero-order chi connectivity index (χ0) is 21.8. The molecule has 0 bridgehead atoms. The molecule has 1 aliphatic carbocycles. The minimum Gasteiger partial charge on any atom is -0.352 e. The zero-order valence-electron chi connectivity index (χ0n) is 17.3. The average molecular weight is 436 g/mol. The van der Waals surface area contributed by atoms with Gasteiger partial charge in [0.25, 0.3) is 0 Å². The summed E-state index contributed by atoms with van der Waals surface area (Å²) in [5.41, 5.74) is 2.98. The molecule has 0 radical (unpaired) electrons. The highest BCUT2D eigenvalue weighted by Gasteiger charge is 2.28. The molecule has 2 aromatic carbocycles. The van der Waals surface area contributed by atoms with Crippen molar-refractivity contribution in [1.82, 2.24) is 25.4 Å². The summed E-state index contributed by atoms with van der Waals surface area (Å²) >= 11 is 5.34. The number of aryl methyl sites for hydroxylation is 1. The van der Waals surface area contributed by atoms with E-state index in [1.54, 1.807) is 4.57 Å². The van der Waals surface area contributed by atoms with Crippen LogP contribution in [0.3, 0.4) is 0 Å². The Kier molecular flexibility index (Phi) is 6.27. The Morgan fingerprint density at radius 3 is 2.55 bits per heavy atom. The van der Waals surface area contributed by atoms with E-state index in [1.807, 2.05) is 61.5 Å². The number of carbonyl (C=O) groups excluding carboxylic acids is 2. The molecule has 0 saturated heterocycles. The molecule has 8 heteroatoms. The van der Waals surface area contributed by atoms with Crippen molar-refractivity contribution in [3.05, 3.63) is 70.5 Å². The zero-order valence-corrected chi connectivity index (χ0v) is 18.1. The Morgan fingerprint density at radius 1 is 1.16 bits per heavy atom. The Labute approximate surface area is 185 Å². The van der Waals surface area contributed by atoms with Crippen LogP contribution in [0, 0.1) is 11.7 Å². The second kappa shape index (κ2) is 9.26. The van der Waals surface area contributed by atoms with Crippen LogP contribution in [0.4, 0.5) is 0 Å². The molecule has 1 heterocycles. The molecule has 1 fully saturated rings. The van der Waals surface area contributed by atoms with E-state index in [9.17, 15) is 9.59 Å². The molecule has 4 rings (SSSR count). The van der Waals surface area contributed by atoms with Gasteiger partial charge in [-0.15, -0.1) is 0 Å². The predicted molar refractivity (Wildman–Crippen MR) is 121 cm³/mol. The molecule has 1 aromatic heterocycles. The number of carbonyl (C=O) groups is 2. The van der Waals surface area contributed by atoms with Crippen LogP contribution in [0.1, 0.15) is 24.0 Å². The van der Waals surface area contributed by atoms with E-state index in [0.717, 1.165) is 29.5 Å². The third-order valence-electron chi connectivity index (χ3n) is 5.23. The van der Waals surface area contributed by atoms with Gasteiger partial charge in [-0.05, 0) is 37.5 Å². The third kappa shape index (κ3) is 5.46. The number of H-pyrrole nitrogens is 1. The number of nitrogens with zero attached hydrogens (tertiary/aromatic N) is 2. The lowest BCUT2D eigenvalue weighted by atomic mass is 10.1. The van der Waals surface area contributed by atoms with Crippen LogP contribution in [0.2, 0.25) is 0 Å². The topological polar surface area (TPSA) is 91.8 Å². The molecule has 3 aromatic rings. The normalized spacial score (nSPS) is 14.1. The van der Waals surface area contributed by atoms with Crippen LogP contribution in [-0.4, -0.2) is 38.7 Å². The maximum atomic E-state index is 12.9. The van der Waals surface area contributed by atoms with E-state index in [4.69, 9.17) is 12.2 Å². The fraction of sp³-hybridized carbons (Fsp3) is 0.304. The minimum absolute atomic E-state index is 0.0272. The molecule has 1 unspecified atom stereocenters. The Hall–Kier alpha value is -3.26. The number of benzene rings is 2. The molecule has 2 amide bonds. The molecule has 0 spiro atoms. The molecule has 1 saturated carbocycles. The van der Waals surface area contributed by atoms with Gasteiger partial charge in [0, 0.05) is 18.0 Å². The molecular formula is C23H25N5O2S. The summed E-state index contributed by atoms with van der Waals surface area (Å²) in [5, 5.41) is 12.9. The van der Waals surface area contributed by atoms with E-state index in [0.29, 0.717) is 17.0 Å². The van der Waals surface area contributed by atoms with Gasteiger partial charge in [0.05, 0.1) is 0 Å². The summed E-state index contributed by atoms with van der Waals surface area (Å²) < 4.78 is 2.00. The van der Waals surface area contributed by atoms with Crippen molar-refractivity contribution in [2.24, 2.45) is 0 Å². The maximum absolute atomic E-state index is 12.9. The van der Waals surface area contributed by atoms with E-state index < -0.39 is 6.04 Å². The monoisotopic (exact) mass is 435 g/mol. The largest absolute Gasteiger partial charge is 0.352 e. The smallest absolute Gasteiger partial charge is 0.243 e. The van der Waals surface area contributed by atoms with E-state index in [-0.39, 0.29) is 24.4 Å². The standard InChI is InChI=1S/C23H25N5O2S/c1-15-7-9-17(10-8-15)21-26-27-23(31)28(21)14-20(29)25-19(22(30)24-18-11-12-18)13-16-5-3-2-4-6-16/h2-10,18-19H,11-14H2,1H3,(H,24,30)(H,25,29)(H,27,31). The lowest BCUT2D eigenvalue weighted by Crippen LogP contribution is -2.49. The number of aromatic amines is 1. The first-order chi connectivity index (χ1) is 15.0. The van der Waals surface area contributed by atoms with E-state index >= 15 is 0 Å². The lowest BCUT2D eigenvalue weighted by Gasteiger charge is -2.19. The Bertz CT molecular complexity index is 1120. The molecule has 160 valence electrons. The minimum atomic E-state index is -0.653. The number of rotatable bonds is 8. The third-order valence-corrected chi connectivity index (χ3v) is 5.54. The van der Waals surface area contributed by atoms with Gasteiger partial charge >= 0.3 is 0 Å². The van der Waals surface area contributed by atoms with Gasteiger partial charge in [0.15, 0.2) is 10.6 Å². The highest BCUT2D eigenvalue weighted by atomic mass is 32.1. The SMILES string of the molecule is Cc1ccc(-c2n[nH]c(=S)n2CC(=O)NC(Cc2ccccc2)C(=O)NC2CC2)cc1. The van der Waals surface area contributed by atoms with E-state index in [1.165, 1.54) is 0 Å². The summed E-state index contributed by atoms with van der Waals surface area (Å²) in [7, 11) is 0. The average Bonchev–Trinajstić information content (AvgIpc) is 3.51. The van der Waals surface area contributed by atoms with Crippen molar-refractivity contribution in [2.45, 2.75) is 44.8 Å². The highest BCUT2D eigenvalue weighted by Crippen LogP contribution is 2.19. The van der Waals surface area contributed by atoms with Crippen LogP contribution in [0.5, 0.6) is 0 Å². The van der Waals surface area contributed by atoms with Gasteiger partial charge < -0.3 is 10.6 Å².